The van der Waals surface area contributed by atoms with Crippen molar-refractivity contribution in [1.82, 2.24) is 15.1 Å². The molecule has 1 fully saturated rings. The number of rotatable bonds is 6. The molecule has 1 aliphatic rings. The summed E-state index contributed by atoms with van der Waals surface area (Å²) >= 11 is 0. The molecular weight excluding hydrogens is 258 g/mol. The molecule has 1 aliphatic heterocycles. The maximum atomic E-state index is 12.6. The summed E-state index contributed by atoms with van der Waals surface area (Å²) in [5.74, 6) is -0.208. The summed E-state index contributed by atoms with van der Waals surface area (Å²) in [6.07, 6.45) is 1.69. The molecule has 6 heteroatoms. The predicted molar refractivity (Wildman–Crippen MR) is 77.4 cm³/mol. The van der Waals surface area contributed by atoms with Gasteiger partial charge in [-0.2, -0.15) is 0 Å². The van der Waals surface area contributed by atoms with Crippen LogP contribution in [0.1, 0.15) is 26.7 Å². The van der Waals surface area contributed by atoms with Gasteiger partial charge in [-0.1, -0.05) is 0 Å². The van der Waals surface area contributed by atoms with Crippen LogP contribution in [0.25, 0.3) is 0 Å². The third-order valence-electron chi connectivity index (χ3n) is 3.72. The molecule has 1 heterocycles. The zero-order valence-corrected chi connectivity index (χ0v) is 13.2. The van der Waals surface area contributed by atoms with E-state index in [1.54, 1.807) is 18.9 Å². The number of amides is 2. The van der Waals surface area contributed by atoms with E-state index in [2.05, 4.69) is 5.32 Å². The van der Waals surface area contributed by atoms with Gasteiger partial charge in [0.25, 0.3) is 0 Å². The molecule has 0 aromatic heterocycles. The molecule has 0 aromatic rings. The Morgan fingerprint density at radius 1 is 1.45 bits per heavy atom. The highest BCUT2D eigenvalue weighted by Gasteiger charge is 2.34. The van der Waals surface area contributed by atoms with Gasteiger partial charge in [0.2, 0.25) is 11.8 Å². The fourth-order valence-electron chi connectivity index (χ4n) is 2.46. The highest BCUT2D eigenvalue weighted by Crippen LogP contribution is 2.18. The lowest BCUT2D eigenvalue weighted by molar-refractivity contribution is -0.140. The van der Waals surface area contributed by atoms with Gasteiger partial charge in [0.15, 0.2) is 0 Å². The number of likely N-dealkylation sites (tertiary alicyclic amines) is 1. The van der Waals surface area contributed by atoms with E-state index in [1.807, 2.05) is 25.9 Å². The van der Waals surface area contributed by atoms with Crippen molar-refractivity contribution in [1.29, 1.82) is 0 Å². The molecular formula is C14H27N3O3. The first kappa shape index (κ1) is 16.9. The first-order valence-electron chi connectivity index (χ1n) is 7.14. The summed E-state index contributed by atoms with van der Waals surface area (Å²) in [7, 11) is 5.19. The average Bonchev–Trinajstić information content (AvgIpc) is 2.79. The topological polar surface area (TPSA) is 61.9 Å². The van der Waals surface area contributed by atoms with Crippen molar-refractivity contribution < 1.29 is 14.3 Å². The van der Waals surface area contributed by atoms with Crippen LogP contribution in [0.5, 0.6) is 0 Å². The van der Waals surface area contributed by atoms with Crippen LogP contribution in [0.3, 0.4) is 0 Å². The minimum atomic E-state index is -0.618. The maximum Gasteiger partial charge on any atom is 0.248 e. The SMILES string of the molecule is COC(C)C(NC(=O)CN(C)C)C(=O)N1CCCC1C. The molecule has 2 amide bonds. The lowest BCUT2D eigenvalue weighted by Crippen LogP contribution is -2.56. The number of hydrogen-bond donors (Lipinski definition) is 1. The summed E-state index contributed by atoms with van der Waals surface area (Å²) in [6.45, 7) is 4.87. The normalized spacial score (nSPS) is 21.9. The molecule has 0 aliphatic carbocycles. The number of carbonyl (C=O) groups is 2. The average molecular weight is 285 g/mol. The lowest BCUT2D eigenvalue weighted by atomic mass is 10.1. The summed E-state index contributed by atoms with van der Waals surface area (Å²) < 4.78 is 5.26. The Morgan fingerprint density at radius 2 is 2.10 bits per heavy atom. The second-order valence-electron chi connectivity index (χ2n) is 5.75. The number of nitrogens with one attached hydrogen (secondary N) is 1. The summed E-state index contributed by atoms with van der Waals surface area (Å²) in [6, 6.07) is -0.382. The number of methoxy groups -OCH3 is 1. The first-order chi connectivity index (χ1) is 9.36. The Hall–Kier alpha value is -1.14. The molecule has 3 unspecified atom stereocenters. The maximum absolute atomic E-state index is 12.6. The number of nitrogens with zero attached hydrogens (tertiary/aromatic N) is 2. The highest BCUT2D eigenvalue weighted by molar-refractivity contribution is 5.89. The Labute approximate surface area is 121 Å². The van der Waals surface area contributed by atoms with Gasteiger partial charge in [-0.25, -0.2) is 0 Å². The van der Waals surface area contributed by atoms with E-state index in [1.165, 1.54) is 0 Å². The fraction of sp³-hybridized carbons (Fsp3) is 0.857. The molecule has 1 rings (SSSR count). The van der Waals surface area contributed by atoms with Gasteiger partial charge in [0, 0.05) is 19.7 Å². The van der Waals surface area contributed by atoms with Gasteiger partial charge in [0.05, 0.1) is 12.6 Å². The first-order valence-corrected chi connectivity index (χ1v) is 7.14. The number of hydrogen-bond acceptors (Lipinski definition) is 4. The van der Waals surface area contributed by atoms with Crippen LogP contribution in [-0.4, -0.2) is 74.1 Å². The van der Waals surface area contributed by atoms with E-state index in [0.29, 0.717) is 0 Å². The third-order valence-corrected chi connectivity index (χ3v) is 3.72. The monoisotopic (exact) mass is 285 g/mol. The fourth-order valence-corrected chi connectivity index (χ4v) is 2.46. The van der Waals surface area contributed by atoms with Crippen molar-refractivity contribution in [2.75, 3.05) is 34.3 Å². The van der Waals surface area contributed by atoms with Crippen LogP contribution in [0, 0.1) is 0 Å². The van der Waals surface area contributed by atoms with E-state index in [4.69, 9.17) is 4.74 Å². The van der Waals surface area contributed by atoms with Crippen molar-refractivity contribution in [3.05, 3.63) is 0 Å². The smallest absolute Gasteiger partial charge is 0.248 e. The molecule has 0 radical (unpaired) electrons. The quantitative estimate of drug-likeness (QED) is 0.751. The van der Waals surface area contributed by atoms with Crippen molar-refractivity contribution in [3.8, 4) is 0 Å². The zero-order valence-electron chi connectivity index (χ0n) is 13.2. The van der Waals surface area contributed by atoms with Crippen LogP contribution in [0.2, 0.25) is 0 Å². The number of likely N-dealkylation sites (N-methyl/N-ethyl adjacent to an activating group) is 1. The van der Waals surface area contributed by atoms with Crippen LogP contribution in [-0.2, 0) is 14.3 Å². The molecule has 3 atom stereocenters. The van der Waals surface area contributed by atoms with Crippen LogP contribution >= 0.6 is 0 Å². The summed E-state index contributed by atoms with van der Waals surface area (Å²) in [5.41, 5.74) is 0. The van der Waals surface area contributed by atoms with E-state index >= 15 is 0 Å². The van der Waals surface area contributed by atoms with Gasteiger partial charge < -0.3 is 19.9 Å². The molecule has 6 nitrogen and oxygen atoms in total. The predicted octanol–water partition coefficient (Wildman–Crippen LogP) is 0.0786. The van der Waals surface area contributed by atoms with E-state index in [-0.39, 0.29) is 30.5 Å². The zero-order chi connectivity index (χ0) is 15.3. The van der Waals surface area contributed by atoms with Crippen LogP contribution < -0.4 is 5.32 Å². The molecule has 1 N–H and O–H groups in total. The van der Waals surface area contributed by atoms with Crippen LogP contribution in [0.15, 0.2) is 0 Å². The number of ether oxygens (including phenoxy) is 1. The highest BCUT2D eigenvalue weighted by atomic mass is 16.5. The molecule has 0 spiro atoms. The minimum Gasteiger partial charge on any atom is -0.379 e. The molecule has 0 saturated carbocycles. The molecule has 0 aromatic carbocycles. The van der Waals surface area contributed by atoms with E-state index < -0.39 is 6.04 Å². The van der Waals surface area contributed by atoms with Crippen molar-refractivity contribution in [2.24, 2.45) is 0 Å². The molecule has 0 bridgehead atoms. The molecule has 1 saturated heterocycles. The van der Waals surface area contributed by atoms with Crippen molar-refractivity contribution in [3.63, 3.8) is 0 Å². The Kier molecular flexibility index (Phi) is 6.42. The van der Waals surface area contributed by atoms with Gasteiger partial charge >= 0.3 is 0 Å². The second kappa shape index (κ2) is 7.59. The molecule has 116 valence electrons. The lowest BCUT2D eigenvalue weighted by Gasteiger charge is -2.30. The Bertz CT molecular complexity index is 347. The molecule has 20 heavy (non-hydrogen) atoms. The van der Waals surface area contributed by atoms with Gasteiger partial charge in [-0.15, -0.1) is 0 Å². The number of carbonyl (C=O) groups excluding carboxylic acids is 2. The Balaban J connectivity index is 2.73. The van der Waals surface area contributed by atoms with Gasteiger partial charge in [0.1, 0.15) is 6.04 Å². The van der Waals surface area contributed by atoms with E-state index in [0.717, 1.165) is 19.4 Å². The van der Waals surface area contributed by atoms with Gasteiger partial charge in [-0.05, 0) is 40.8 Å². The largest absolute Gasteiger partial charge is 0.379 e. The standard InChI is InChI=1S/C14H27N3O3/c1-10-7-6-8-17(10)14(19)13(11(2)20-5)15-12(18)9-16(3)4/h10-11,13H,6-9H2,1-5H3,(H,15,18). The Morgan fingerprint density at radius 3 is 2.55 bits per heavy atom. The minimum absolute atomic E-state index is 0.0449. The van der Waals surface area contributed by atoms with Crippen molar-refractivity contribution in [2.45, 2.75) is 44.9 Å². The third kappa shape index (κ3) is 4.45. The van der Waals surface area contributed by atoms with Crippen molar-refractivity contribution >= 4 is 11.8 Å². The second-order valence-corrected chi connectivity index (χ2v) is 5.75. The van der Waals surface area contributed by atoms with Crippen LogP contribution in [0.4, 0.5) is 0 Å². The van der Waals surface area contributed by atoms with Gasteiger partial charge in [-0.3, -0.25) is 9.59 Å². The summed E-state index contributed by atoms with van der Waals surface area (Å²) in [4.78, 5) is 28.1. The van der Waals surface area contributed by atoms with E-state index in [9.17, 15) is 9.59 Å². The summed E-state index contributed by atoms with van der Waals surface area (Å²) in [5, 5.41) is 2.80.